The van der Waals surface area contributed by atoms with E-state index in [1.54, 1.807) is 14.2 Å². The van der Waals surface area contributed by atoms with Crippen LogP contribution in [0.2, 0.25) is 0 Å². The van der Waals surface area contributed by atoms with Crippen molar-refractivity contribution in [2.24, 2.45) is 0 Å². The number of benzene rings is 1. The predicted molar refractivity (Wildman–Crippen MR) is 72.6 cm³/mol. The largest absolute Gasteiger partial charge is 0.493 e. The van der Waals surface area contributed by atoms with Crippen LogP contribution in [0.15, 0.2) is 35.9 Å². The molecule has 0 aromatic heterocycles. The van der Waals surface area contributed by atoms with Crippen LogP contribution < -0.4 is 9.47 Å². The van der Waals surface area contributed by atoms with E-state index in [1.807, 2.05) is 25.1 Å². The third-order valence-corrected chi connectivity index (χ3v) is 2.60. The summed E-state index contributed by atoms with van der Waals surface area (Å²) in [6.45, 7) is 10.2. The Morgan fingerprint density at radius 3 is 2.12 bits per heavy atom. The zero-order valence-corrected chi connectivity index (χ0v) is 11.3. The summed E-state index contributed by atoms with van der Waals surface area (Å²) in [7, 11) is 3.30. The molecule has 17 heavy (non-hydrogen) atoms. The summed E-state index contributed by atoms with van der Waals surface area (Å²) in [6.07, 6.45) is 0. The van der Waals surface area contributed by atoms with Crippen molar-refractivity contribution in [3.63, 3.8) is 0 Å². The topological polar surface area (TPSA) is 18.5 Å². The average molecular weight is 232 g/mol. The number of para-hydroxylation sites is 1. The lowest BCUT2D eigenvalue weighted by Gasteiger charge is -2.16. The number of rotatable bonds is 4. The zero-order chi connectivity index (χ0) is 13.0. The van der Waals surface area contributed by atoms with Crippen molar-refractivity contribution >= 4 is 5.57 Å². The molecule has 0 N–H and O–H groups in total. The maximum atomic E-state index is 5.45. The summed E-state index contributed by atoms with van der Waals surface area (Å²) in [6, 6.07) is 5.88. The maximum absolute atomic E-state index is 5.45. The van der Waals surface area contributed by atoms with Gasteiger partial charge >= 0.3 is 0 Å². The standard InChI is InChI=1S/C15H20O2/c1-10(2)14(11(3)4)12-8-7-9-13(16-5)15(12)17-6/h7-9H,1H2,2-6H3. The minimum Gasteiger partial charge on any atom is -0.493 e. The lowest BCUT2D eigenvalue weighted by atomic mass is 9.95. The van der Waals surface area contributed by atoms with Gasteiger partial charge < -0.3 is 9.47 Å². The molecule has 1 aromatic carbocycles. The lowest BCUT2D eigenvalue weighted by Crippen LogP contribution is -1.97. The first-order valence-corrected chi connectivity index (χ1v) is 5.57. The van der Waals surface area contributed by atoms with Crippen LogP contribution >= 0.6 is 0 Å². The Kier molecular flexibility index (Phi) is 4.38. The van der Waals surface area contributed by atoms with Crippen molar-refractivity contribution in [2.75, 3.05) is 14.2 Å². The molecule has 1 aromatic rings. The summed E-state index contributed by atoms with van der Waals surface area (Å²) in [4.78, 5) is 0. The van der Waals surface area contributed by atoms with Gasteiger partial charge in [0.2, 0.25) is 0 Å². The molecule has 0 atom stereocenters. The van der Waals surface area contributed by atoms with Gasteiger partial charge in [0.05, 0.1) is 14.2 Å². The molecule has 0 aliphatic rings. The second kappa shape index (κ2) is 5.58. The Balaban J connectivity index is 3.50. The van der Waals surface area contributed by atoms with Crippen molar-refractivity contribution in [1.82, 2.24) is 0 Å². The molecule has 0 bridgehead atoms. The van der Waals surface area contributed by atoms with E-state index in [2.05, 4.69) is 20.4 Å². The van der Waals surface area contributed by atoms with Crippen molar-refractivity contribution in [2.45, 2.75) is 20.8 Å². The van der Waals surface area contributed by atoms with Crippen LogP contribution in [0.1, 0.15) is 26.3 Å². The Morgan fingerprint density at radius 1 is 1.06 bits per heavy atom. The summed E-state index contributed by atoms with van der Waals surface area (Å²) in [5.74, 6) is 1.50. The van der Waals surface area contributed by atoms with E-state index in [-0.39, 0.29) is 0 Å². The highest BCUT2D eigenvalue weighted by molar-refractivity contribution is 5.84. The SMILES string of the molecule is C=C(C)C(=C(C)C)c1cccc(OC)c1OC. The van der Waals surface area contributed by atoms with Crippen LogP contribution in [0.25, 0.3) is 5.57 Å². The number of ether oxygens (including phenoxy) is 2. The number of hydrogen-bond acceptors (Lipinski definition) is 2. The summed E-state index contributed by atoms with van der Waals surface area (Å²) >= 11 is 0. The monoisotopic (exact) mass is 232 g/mol. The van der Waals surface area contributed by atoms with Crippen molar-refractivity contribution < 1.29 is 9.47 Å². The second-order valence-corrected chi connectivity index (χ2v) is 4.20. The molecule has 0 aliphatic carbocycles. The van der Waals surface area contributed by atoms with Gasteiger partial charge in [0.25, 0.3) is 0 Å². The molecule has 0 saturated heterocycles. The molecule has 0 radical (unpaired) electrons. The molecule has 2 heteroatoms. The number of methoxy groups -OCH3 is 2. The van der Waals surface area contributed by atoms with E-state index >= 15 is 0 Å². The Bertz CT molecular complexity index is 452. The fraction of sp³-hybridized carbons (Fsp3) is 0.333. The fourth-order valence-electron chi connectivity index (χ4n) is 2.01. The van der Waals surface area contributed by atoms with Crippen LogP contribution in [-0.2, 0) is 0 Å². The van der Waals surface area contributed by atoms with Gasteiger partial charge in [-0.3, -0.25) is 0 Å². The summed E-state index contributed by atoms with van der Waals surface area (Å²) < 4.78 is 10.8. The highest BCUT2D eigenvalue weighted by Gasteiger charge is 2.14. The normalized spacial score (nSPS) is 9.71. The quantitative estimate of drug-likeness (QED) is 0.728. The van der Waals surface area contributed by atoms with Crippen LogP contribution in [0, 0.1) is 0 Å². The smallest absolute Gasteiger partial charge is 0.168 e. The zero-order valence-electron chi connectivity index (χ0n) is 11.3. The molecule has 92 valence electrons. The van der Waals surface area contributed by atoms with E-state index in [4.69, 9.17) is 9.47 Å². The Labute approximate surface area is 104 Å². The maximum Gasteiger partial charge on any atom is 0.168 e. The lowest BCUT2D eigenvalue weighted by molar-refractivity contribution is 0.354. The molecule has 0 saturated carbocycles. The molecular weight excluding hydrogens is 212 g/mol. The van der Waals surface area contributed by atoms with E-state index in [1.165, 1.54) is 5.57 Å². The molecule has 0 unspecified atom stereocenters. The van der Waals surface area contributed by atoms with Gasteiger partial charge in [-0.05, 0) is 32.4 Å². The molecule has 0 amide bonds. The van der Waals surface area contributed by atoms with Crippen LogP contribution in [-0.4, -0.2) is 14.2 Å². The minimum absolute atomic E-state index is 0.741. The molecule has 0 spiro atoms. The minimum atomic E-state index is 0.741. The highest BCUT2D eigenvalue weighted by Crippen LogP contribution is 2.38. The Morgan fingerprint density at radius 2 is 1.71 bits per heavy atom. The summed E-state index contributed by atoms with van der Waals surface area (Å²) in [5.41, 5.74) is 4.39. The molecule has 2 nitrogen and oxygen atoms in total. The molecule has 0 aliphatic heterocycles. The molecule has 0 heterocycles. The van der Waals surface area contributed by atoms with Gasteiger partial charge in [-0.15, -0.1) is 0 Å². The predicted octanol–water partition coefficient (Wildman–Crippen LogP) is 4.07. The Hall–Kier alpha value is -1.70. The molecule has 1 rings (SSSR count). The van der Waals surface area contributed by atoms with Crippen LogP contribution in [0.3, 0.4) is 0 Å². The van der Waals surface area contributed by atoms with Gasteiger partial charge in [-0.2, -0.15) is 0 Å². The third kappa shape index (κ3) is 2.70. The van der Waals surface area contributed by atoms with Crippen LogP contribution in [0.4, 0.5) is 0 Å². The third-order valence-electron chi connectivity index (χ3n) is 2.60. The fourth-order valence-corrected chi connectivity index (χ4v) is 2.01. The van der Waals surface area contributed by atoms with Crippen LogP contribution in [0.5, 0.6) is 11.5 Å². The highest BCUT2D eigenvalue weighted by atomic mass is 16.5. The summed E-state index contributed by atoms with van der Waals surface area (Å²) in [5, 5.41) is 0. The van der Waals surface area contributed by atoms with E-state index in [0.29, 0.717) is 0 Å². The van der Waals surface area contributed by atoms with Crippen molar-refractivity contribution in [3.8, 4) is 11.5 Å². The number of allylic oxidation sites excluding steroid dienone is 3. The van der Waals surface area contributed by atoms with E-state index in [0.717, 1.165) is 28.2 Å². The van der Waals surface area contributed by atoms with Gasteiger partial charge in [0.15, 0.2) is 11.5 Å². The van der Waals surface area contributed by atoms with E-state index in [9.17, 15) is 0 Å². The molecular formula is C15H20O2. The molecule has 0 fully saturated rings. The number of hydrogen-bond donors (Lipinski definition) is 0. The van der Waals surface area contributed by atoms with Gasteiger partial charge in [-0.25, -0.2) is 0 Å². The second-order valence-electron chi connectivity index (χ2n) is 4.20. The van der Waals surface area contributed by atoms with Gasteiger partial charge in [-0.1, -0.05) is 29.9 Å². The first-order valence-electron chi connectivity index (χ1n) is 5.57. The van der Waals surface area contributed by atoms with Crippen molar-refractivity contribution in [1.29, 1.82) is 0 Å². The van der Waals surface area contributed by atoms with Gasteiger partial charge in [0, 0.05) is 5.56 Å². The van der Waals surface area contributed by atoms with Gasteiger partial charge in [0.1, 0.15) is 0 Å². The first kappa shape index (κ1) is 13.4. The first-order chi connectivity index (χ1) is 8.02. The average Bonchev–Trinajstić information content (AvgIpc) is 2.27. The van der Waals surface area contributed by atoms with E-state index < -0.39 is 0 Å². The van der Waals surface area contributed by atoms with Crippen molar-refractivity contribution in [3.05, 3.63) is 41.5 Å².